The maximum absolute atomic E-state index is 15.0. The molecule has 0 spiro atoms. The molecule has 2 aliphatic heterocycles. The number of aromatic nitrogens is 1. The van der Waals surface area contributed by atoms with E-state index < -0.39 is 80.5 Å². The average Bonchev–Trinajstić information content (AvgIpc) is 4.02. The monoisotopic (exact) mass is 743 g/mol. The van der Waals surface area contributed by atoms with Gasteiger partial charge in [0.1, 0.15) is 23.7 Å². The zero-order valence-corrected chi connectivity index (χ0v) is 30.3. The van der Waals surface area contributed by atoms with E-state index in [-0.39, 0.29) is 43.5 Å². The van der Waals surface area contributed by atoms with Gasteiger partial charge in [-0.25, -0.2) is 22.6 Å². The number of carbonyl (C=O) groups is 4. The van der Waals surface area contributed by atoms with Crippen molar-refractivity contribution >= 4 is 44.6 Å². The van der Waals surface area contributed by atoms with Gasteiger partial charge in [-0.2, -0.15) is 0 Å². The number of rotatable bonds is 9. The van der Waals surface area contributed by atoms with E-state index in [0.717, 1.165) is 6.42 Å². The highest BCUT2D eigenvalue weighted by Crippen LogP contribution is 2.46. The number of hydrogen-bond donors (Lipinski definition) is 4. The lowest BCUT2D eigenvalue weighted by Gasteiger charge is -2.33. The van der Waals surface area contributed by atoms with Crippen LogP contribution in [0.15, 0.2) is 36.5 Å². The lowest BCUT2D eigenvalue weighted by molar-refractivity contribution is -0.142. The number of ether oxygens (including phenoxy) is 2. The molecule has 4 aliphatic rings. The lowest BCUT2D eigenvalue weighted by Crippen LogP contribution is -2.59. The van der Waals surface area contributed by atoms with Crippen molar-refractivity contribution in [1.82, 2.24) is 25.2 Å². The summed E-state index contributed by atoms with van der Waals surface area (Å²) in [5, 5.41) is 15.3. The topological polar surface area (TPSA) is 193 Å². The van der Waals surface area contributed by atoms with Crippen LogP contribution in [0.3, 0.4) is 0 Å². The fraction of sp³-hybridized carbons (Fsp3) is 0.583. The molecule has 16 heteroatoms. The number of amides is 4. The van der Waals surface area contributed by atoms with Crippen molar-refractivity contribution in [3.63, 3.8) is 0 Å². The molecule has 4 N–H and O–H groups in total. The van der Waals surface area contributed by atoms with Crippen molar-refractivity contribution in [3.8, 4) is 11.6 Å². The van der Waals surface area contributed by atoms with Crippen molar-refractivity contribution in [1.29, 1.82) is 0 Å². The second kappa shape index (κ2) is 14.9. The van der Waals surface area contributed by atoms with Crippen molar-refractivity contribution in [2.24, 2.45) is 17.8 Å². The van der Waals surface area contributed by atoms with E-state index >= 15 is 0 Å². The van der Waals surface area contributed by atoms with E-state index in [9.17, 15) is 37.1 Å². The Morgan fingerprint density at radius 3 is 2.63 bits per heavy atom. The molecule has 282 valence electrons. The van der Waals surface area contributed by atoms with Gasteiger partial charge in [0.25, 0.3) is 5.91 Å². The van der Waals surface area contributed by atoms with Gasteiger partial charge in [-0.3, -0.25) is 19.1 Å². The molecule has 2 saturated carbocycles. The second-order valence-corrected chi connectivity index (χ2v) is 16.4. The first-order chi connectivity index (χ1) is 24.8. The van der Waals surface area contributed by atoms with Crippen molar-refractivity contribution in [2.75, 3.05) is 13.2 Å². The minimum Gasteiger partial charge on any atom is -0.491 e. The summed E-state index contributed by atoms with van der Waals surface area (Å²) in [4.78, 5) is 60.1. The van der Waals surface area contributed by atoms with E-state index in [2.05, 4.69) is 20.3 Å². The zero-order chi connectivity index (χ0) is 37.4. The minimum absolute atomic E-state index is 0.0639. The Morgan fingerprint density at radius 1 is 1.17 bits per heavy atom. The van der Waals surface area contributed by atoms with E-state index in [0.29, 0.717) is 42.9 Å². The average molecular weight is 744 g/mol. The van der Waals surface area contributed by atoms with Crippen LogP contribution in [0.5, 0.6) is 11.6 Å². The molecule has 0 radical (unpaired) electrons. The molecule has 14 nitrogen and oxygen atoms in total. The van der Waals surface area contributed by atoms with Crippen LogP contribution in [0.1, 0.15) is 72.1 Å². The fourth-order valence-corrected chi connectivity index (χ4v) is 8.88. The number of pyridine rings is 1. The SMILES string of the molecule is CCOc1cc2ccnc(O[C@@H]3C[C@H]4C(=O)N[C@]5(C(=O)NS(=O)(=O)C6CC6)C[C@H]5C=CCC[C@H](C)C[C@@H](CC)[C@H](NC(=O)O)C(=O)N4C3)c2cc1F. The Hall–Kier alpha value is -4.47. The number of sulfonamides is 1. The number of carboxylic acid groups (broad SMARTS) is 1. The number of nitrogens with one attached hydrogen (secondary N) is 3. The normalized spacial score (nSPS) is 29.6. The molecule has 1 aromatic heterocycles. The third kappa shape index (κ3) is 7.81. The summed E-state index contributed by atoms with van der Waals surface area (Å²) in [5.41, 5.74) is -1.56. The molecular formula is C36H46FN5O9S. The Morgan fingerprint density at radius 2 is 1.94 bits per heavy atom. The van der Waals surface area contributed by atoms with Gasteiger partial charge in [-0.05, 0) is 80.9 Å². The summed E-state index contributed by atoms with van der Waals surface area (Å²) < 4.78 is 54.4. The van der Waals surface area contributed by atoms with Crippen LogP contribution >= 0.6 is 0 Å². The predicted molar refractivity (Wildman–Crippen MR) is 187 cm³/mol. The predicted octanol–water partition coefficient (Wildman–Crippen LogP) is 3.64. The number of carbonyl (C=O) groups excluding carboxylic acids is 3. The third-order valence-corrected chi connectivity index (χ3v) is 12.4. The zero-order valence-electron chi connectivity index (χ0n) is 29.5. The number of halogens is 1. The molecule has 1 saturated heterocycles. The first-order valence-corrected chi connectivity index (χ1v) is 19.5. The van der Waals surface area contributed by atoms with Crippen LogP contribution < -0.4 is 24.8 Å². The number of nitrogens with zero attached hydrogens (tertiary/aromatic N) is 2. The van der Waals surface area contributed by atoms with Crippen molar-refractivity contribution in [3.05, 3.63) is 42.4 Å². The van der Waals surface area contributed by atoms with Crippen LogP contribution in [0.4, 0.5) is 9.18 Å². The molecule has 6 rings (SSSR count). The molecule has 0 unspecified atom stereocenters. The summed E-state index contributed by atoms with van der Waals surface area (Å²) >= 11 is 0. The Kier molecular flexibility index (Phi) is 10.7. The summed E-state index contributed by atoms with van der Waals surface area (Å²) in [5.74, 6) is -3.44. The van der Waals surface area contributed by atoms with Gasteiger partial charge >= 0.3 is 6.09 Å². The van der Waals surface area contributed by atoms with E-state index in [4.69, 9.17) is 9.47 Å². The highest BCUT2D eigenvalue weighted by Gasteiger charge is 2.62. The Balaban J connectivity index is 1.35. The highest BCUT2D eigenvalue weighted by molar-refractivity contribution is 7.91. The summed E-state index contributed by atoms with van der Waals surface area (Å²) in [6.45, 7) is 5.77. The second-order valence-electron chi connectivity index (χ2n) is 14.4. The first-order valence-electron chi connectivity index (χ1n) is 18.0. The quantitative estimate of drug-likeness (QED) is 0.276. The first kappa shape index (κ1) is 37.3. The molecule has 3 heterocycles. The standard InChI is InChI=1S/C36H46FN5O9S/c1-4-21-14-20(3)8-6-7-9-23-18-36(23,34(45)41-52(48,49)25-10-11-25)40-31(43)28-16-24(19-42(28)33(44)30(21)39-35(46)47)51-32-26-17-27(37)29(50-5-2)15-22(26)12-13-38-32/h7,9,12-13,15,17,20-21,23-25,28,30,39H,4-6,8,10-11,14,16,18-19H2,1-3H3,(H,40,43)(H,41,45)(H,46,47)/t20-,21+,23+,24+,28-,30-,36+/m0/s1. The molecule has 4 amide bonds. The summed E-state index contributed by atoms with van der Waals surface area (Å²) in [6.07, 6.45) is 6.36. The molecular weight excluding hydrogens is 697 g/mol. The van der Waals surface area contributed by atoms with Gasteiger partial charge in [0.05, 0.1) is 18.4 Å². The fourth-order valence-electron chi connectivity index (χ4n) is 7.51. The number of fused-ring (bicyclic) bond motifs is 3. The van der Waals surface area contributed by atoms with Crippen LogP contribution in [0, 0.1) is 23.6 Å². The largest absolute Gasteiger partial charge is 0.491 e. The van der Waals surface area contributed by atoms with Crippen LogP contribution in [-0.4, -0.2) is 89.4 Å². The summed E-state index contributed by atoms with van der Waals surface area (Å²) in [7, 11) is -3.93. The van der Waals surface area contributed by atoms with E-state index in [1.54, 1.807) is 13.0 Å². The van der Waals surface area contributed by atoms with Gasteiger partial charge in [0, 0.05) is 23.9 Å². The smallest absolute Gasteiger partial charge is 0.405 e. The number of benzene rings is 1. The lowest BCUT2D eigenvalue weighted by atomic mass is 9.85. The van der Waals surface area contributed by atoms with Crippen molar-refractivity contribution in [2.45, 2.75) is 101 Å². The van der Waals surface area contributed by atoms with E-state index in [1.807, 2.05) is 26.0 Å². The molecule has 52 heavy (non-hydrogen) atoms. The molecule has 2 aromatic rings. The van der Waals surface area contributed by atoms with Gasteiger partial charge in [0.2, 0.25) is 27.7 Å². The summed E-state index contributed by atoms with van der Waals surface area (Å²) in [6, 6.07) is 2.04. The van der Waals surface area contributed by atoms with Crippen LogP contribution in [-0.2, 0) is 24.4 Å². The minimum atomic E-state index is -3.93. The Bertz CT molecular complexity index is 1870. The maximum Gasteiger partial charge on any atom is 0.405 e. The molecule has 0 bridgehead atoms. The molecule has 7 atom stereocenters. The van der Waals surface area contributed by atoms with Gasteiger partial charge in [-0.1, -0.05) is 32.4 Å². The van der Waals surface area contributed by atoms with Crippen molar-refractivity contribution < 1.29 is 46.6 Å². The van der Waals surface area contributed by atoms with Gasteiger partial charge < -0.3 is 30.1 Å². The van der Waals surface area contributed by atoms with E-state index in [1.165, 1.54) is 23.2 Å². The maximum atomic E-state index is 15.0. The highest BCUT2D eigenvalue weighted by atomic mass is 32.2. The number of allylic oxidation sites excluding steroid dienone is 1. The van der Waals surface area contributed by atoms with Crippen LogP contribution in [0.25, 0.3) is 10.8 Å². The molecule has 3 fully saturated rings. The molecule has 2 aliphatic carbocycles. The van der Waals surface area contributed by atoms with Gasteiger partial charge in [0.15, 0.2) is 11.6 Å². The van der Waals surface area contributed by atoms with Crippen LogP contribution in [0.2, 0.25) is 0 Å². The Labute approximate surface area is 301 Å². The number of hydrogen-bond acceptors (Lipinski definition) is 9. The van der Waals surface area contributed by atoms with Gasteiger partial charge in [-0.15, -0.1) is 0 Å². The molecule has 1 aromatic carbocycles. The third-order valence-electron chi connectivity index (χ3n) is 10.6.